The van der Waals surface area contributed by atoms with E-state index in [1.807, 2.05) is 60.7 Å². The molecule has 122 valence electrons. The first-order valence-electron chi connectivity index (χ1n) is 7.78. The van der Waals surface area contributed by atoms with E-state index in [0.29, 0.717) is 24.7 Å². The molecule has 0 saturated heterocycles. The Labute approximate surface area is 140 Å². The Bertz CT molecular complexity index is 743. The predicted molar refractivity (Wildman–Crippen MR) is 92.4 cm³/mol. The zero-order chi connectivity index (χ0) is 16.8. The van der Waals surface area contributed by atoms with Gasteiger partial charge < -0.3 is 9.42 Å². The maximum Gasteiger partial charge on any atom is 0.323 e. The molecule has 0 aliphatic rings. The van der Waals surface area contributed by atoms with Crippen LogP contribution in [0.2, 0.25) is 0 Å². The van der Waals surface area contributed by atoms with Crippen molar-refractivity contribution in [3.8, 4) is 0 Å². The smallest absolute Gasteiger partial charge is 0.323 e. The fraction of sp³-hybridized carbons (Fsp3) is 0.158. The molecule has 1 aromatic heterocycles. The number of benzene rings is 2. The van der Waals surface area contributed by atoms with Crippen molar-refractivity contribution in [2.24, 2.45) is 0 Å². The van der Waals surface area contributed by atoms with Gasteiger partial charge in [-0.2, -0.15) is 0 Å². The molecule has 3 aromatic rings. The molecule has 2 amide bonds. The maximum atomic E-state index is 12.7. The lowest BCUT2D eigenvalue weighted by molar-refractivity contribution is 0.206. The topological polar surface area (TPSA) is 58.4 Å². The predicted octanol–water partition coefficient (Wildman–Crippen LogP) is 4.22. The third-order valence-corrected chi connectivity index (χ3v) is 3.58. The molecular formula is C19H19N3O2. The Balaban J connectivity index is 1.76. The van der Waals surface area contributed by atoms with Gasteiger partial charge in [-0.05, 0) is 18.1 Å². The van der Waals surface area contributed by atoms with Crippen LogP contribution in [0.25, 0.3) is 0 Å². The first-order valence-corrected chi connectivity index (χ1v) is 7.78. The first kappa shape index (κ1) is 15.8. The van der Waals surface area contributed by atoms with Crippen molar-refractivity contribution in [2.45, 2.75) is 20.0 Å². The fourth-order valence-corrected chi connectivity index (χ4v) is 2.42. The number of carbonyl (C=O) groups is 1. The van der Waals surface area contributed by atoms with E-state index in [4.69, 9.17) is 4.52 Å². The molecule has 5 heteroatoms. The number of rotatable bonds is 5. The second-order valence-electron chi connectivity index (χ2n) is 5.58. The number of urea groups is 1. The number of amides is 2. The van der Waals surface area contributed by atoms with Crippen LogP contribution in [0.4, 0.5) is 10.6 Å². The summed E-state index contributed by atoms with van der Waals surface area (Å²) < 4.78 is 5.00. The quantitative estimate of drug-likeness (QED) is 0.765. The minimum absolute atomic E-state index is 0.212. The summed E-state index contributed by atoms with van der Waals surface area (Å²) in [7, 11) is 0. The number of hydrogen-bond donors (Lipinski definition) is 1. The SMILES string of the molecule is Cc1cc(NC(=O)N(Cc2ccccc2)Cc2ccccc2)no1. The molecule has 0 unspecified atom stereocenters. The van der Waals surface area contributed by atoms with Crippen molar-refractivity contribution < 1.29 is 9.32 Å². The van der Waals surface area contributed by atoms with Crippen LogP contribution in [0.15, 0.2) is 71.3 Å². The van der Waals surface area contributed by atoms with Gasteiger partial charge >= 0.3 is 6.03 Å². The van der Waals surface area contributed by atoms with E-state index in [1.54, 1.807) is 17.9 Å². The summed E-state index contributed by atoms with van der Waals surface area (Å²) in [6.07, 6.45) is 0. The van der Waals surface area contributed by atoms with Gasteiger partial charge in [0.1, 0.15) is 5.76 Å². The van der Waals surface area contributed by atoms with Gasteiger partial charge in [0.25, 0.3) is 0 Å². The molecule has 0 spiro atoms. The van der Waals surface area contributed by atoms with Crippen LogP contribution >= 0.6 is 0 Å². The Morgan fingerprint density at radius 3 is 2.00 bits per heavy atom. The molecule has 0 radical (unpaired) electrons. The Morgan fingerprint density at radius 1 is 1.00 bits per heavy atom. The zero-order valence-electron chi connectivity index (χ0n) is 13.5. The van der Waals surface area contributed by atoms with E-state index in [1.165, 1.54) is 0 Å². The second-order valence-corrected chi connectivity index (χ2v) is 5.58. The normalized spacial score (nSPS) is 10.4. The Morgan fingerprint density at radius 2 is 1.54 bits per heavy atom. The van der Waals surface area contributed by atoms with Crippen molar-refractivity contribution in [1.29, 1.82) is 0 Å². The molecule has 1 N–H and O–H groups in total. The molecule has 0 aliphatic carbocycles. The molecular weight excluding hydrogens is 302 g/mol. The Kier molecular flexibility index (Phi) is 4.91. The average molecular weight is 321 g/mol. The highest BCUT2D eigenvalue weighted by molar-refractivity contribution is 5.88. The largest absolute Gasteiger partial charge is 0.360 e. The van der Waals surface area contributed by atoms with Crippen molar-refractivity contribution >= 4 is 11.8 Å². The van der Waals surface area contributed by atoms with E-state index >= 15 is 0 Å². The third kappa shape index (κ3) is 4.23. The molecule has 0 aliphatic heterocycles. The van der Waals surface area contributed by atoms with Crippen LogP contribution in [0.5, 0.6) is 0 Å². The van der Waals surface area contributed by atoms with Gasteiger partial charge in [-0.1, -0.05) is 65.8 Å². The van der Waals surface area contributed by atoms with Crippen molar-refractivity contribution in [1.82, 2.24) is 10.1 Å². The molecule has 0 fully saturated rings. The lowest BCUT2D eigenvalue weighted by atomic mass is 10.2. The molecule has 2 aromatic carbocycles. The number of nitrogens with zero attached hydrogens (tertiary/aromatic N) is 2. The van der Waals surface area contributed by atoms with Crippen molar-refractivity contribution in [3.63, 3.8) is 0 Å². The minimum Gasteiger partial charge on any atom is -0.360 e. The van der Waals surface area contributed by atoms with E-state index in [2.05, 4.69) is 10.5 Å². The molecule has 0 atom stereocenters. The second kappa shape index (κ2) is 7.46. The average Bonchev–Trinajstić information content (AvgIpc) is 3.01. The van der Waals surface area contributed by atoms with Crippen LogP contribution in [0.1, 0.15) is 16.9 Å². The highest BCUT2D eigenvalue weighted by Crippen LogP contribution is 2.13. The van der Waals surface area contributed by atoms with Gasteiger partial charge in [-0.3, -0.25) is 5.32 Å². The van der Waals surface area contributed by atoms with Gasteiger partial charge in [0.2, 0.25) is 0 Å². The highest BCUT2D eigenvalue weighted by Gasteiger charge is 2.16. The maximum absolute atomic E-state index is 12.7. The van der Waals surface area contributed by atoms with Gasteiger partial charge in [-0.25, -0.2) is 4.79 Å². The molecule has 5 nitrogen and oxygen atoms in total. The van der Waals surface area contributed by atoms with Crippen LogP contribution in [-0.4, -0.2) is 16.1 Å². The number of hydrogen-bond acceptors (Lipinski definition) is 3. The number of carbonyl (C=O) groups excluding carboxylic acids is 1. The van der Waals surface area contributed by atoms with E-state index in [-0.39, 0.29) is 6.03 Å². The monoisotopic (exact) mass is 321 g/mol. The van der Waals surface area contributed by atoms with Crippen LogP contribution in [-0.2, 0) is 13.1 Å². The molecule has 0 saturated carbocycles. The summed E-state index contributed by atoms with van der Waals surface area (Å²) >= 11 is 0. The standard InChI is InChI=1S/C19H19N3O2/c1-15-12-18(21-24-15)20-19(23)22(13-16-8-4-2-5-9-16)14-17-10-6-3-7-11-17/h2-12H,13-14H2,1H3,(H,20,21,23). The lowest BCUT2D eigenvalue weighted by Crippen LogP contribution is -2.34. The van der Waals surface area contributed by atoms with Gasteiger partial charge in [0.05, 0.1) is 0 Å². The van der Waals surface area contributed by atoms with Crippen LogP contribution in [0.3, 0.4) is 0 Å². The van der Waals surface area contributed by atoms with E-state index < -0.39 is 0 Å². The number of aryl methyl sites for hydroxylation is 1. The van der Waals surface area contributed by atoms with Crippen LogP contribution < -0.4 is 5.32 Å². The summed E-state index contributed by atoms with van der Waals surface area (Å²) in [5.41, 5.74) is 2.14. The minimum atomic E-state index is -0.212. The van der Waals surface area contributed by atoms with E-state index in [0.717, 1.165) is 11.1 Å². The van der Waals surface area contributed by atoms with Gasteiger partial charge in [0.15, 0.2) is 5.82 Å². The summed E-state index contributed by atoms with van der Waals surface area (Å²) in [6, 6.07) is 21.3. The third-order valence-electron chi connectivity index (χ3n) is 3.58. The highest BCUT2D eigenvalue weighted by atomic mass is 16.5. The zero-order valence-corrected chi connectivity index (χ0v) is 13.5. The number of aromatic nitrogens is 1. The van der Waals surface area contributed by atoms with Crippen LogP contribution in [0, 0.1) is 6.92 Å². The summed E-state index contributed by atoms with van der Waals surface area (Å²) in [5, 5.41) is 6.60. The number of anilines is 1. The molecule has 3 rings (SSSR count). The summed E-state index contributed by atoms with van der Waals surface area (Å²) in [5.74, 6) is 1.08. The lowest BCUT2D eigenvalue weighted by Gasteiger charge is -2.23. The number of nitrogens with one attached hydrogen (secondary N) is 1. The molecule has 24 heavy (non-hydrogen) atoms. The first-order chi connectivity index (χ1) is 11.7. The molecule has 1 heterocycles. The van der Waals surface area contributed by atoms with Gasteiger partial charge in [0, 0.05) is 19.2 Å². The molecule has 0 bridgehead atoms. The fourth-order valence-electron chi connectivity index (χ4n) is 2.42. The summed E-state index contributed by atoms with van der Waals surface area (Å²) in [6.45, 7) is 2.81. The Hall–Kier alpha value is -3.08. The summed E-state index contributed by atoms with van der Waals surface area (Å²) in [4.78, 5) is 14.4. The van der Waals surface area contributed by atoms with Crippen molar-refractivity contribution in [2.75, 3.05) is 5.32 Å². The van der Waals surface area contributed by atoms with Crippen molar-refractivity contribution in [3.05, 3.63) is 83.6 Å². The van der Waals surface area contributed by atoms with E-state index in [9.17, 15) is 4.79 Å². The van der Waals surface area contributed by atoms with Gasteiger partial charge in [-0.15, -0.1) is 0 Å².